The molecule has 0 atom stereocenters. The zero-order valence-electron chi connectivity index (χ0n) is 16.9. The molecular weight excluding hydrogens is 444 g/mol. The zero-order valence-corrected chi connectivity index (χ0v) is 16.9. The minimum Gasteiger partial charge on any atom is -0.365 e. The van der Waals surface area contributed by atoms with Crippen molar-refractivity contribution in [1.82, 2.24) is 9.97 Å². The molecule has 3 aromatic rings. The highest BCUT2D eigenvalue weighted by Crippen LogP contribution is 2.23. The number of hydrogen-bond acceptors (Lipinski definition) is 6. The Hall–Kier alpha value is -4.22. The second-order valence-electron chi connectivity index (χ2n) is 6.85. The molecule has 0 fully saturated rings. The maximum atomic E-state index is 13.4. The lowest BCUT2D eigenvalue weighted by Gasteiger charge is -2.12. The second kappa shape index (κ2) is 9.94. The van der Waals surface area contributed by atoms with Crippen molar-refractivity contribution in [2.45, 2.75) is 19.1 Å². The van der Waals surface area contributed by atoms with Crippen LogP contribution in [0, 0.1) is 5.82 Å². The van der Waals surface area contributed by atoms with E-state index in [1.165, 1.54) is 42.6 Å². The maximum Gasteiger partial charge on any atom is 0.397 e. The van der Waals surface area contributed by atoms with E-state index in [0.717, 1.165) is 0 Å². The van der Waals surface area contributed by atoms with Gasteiger partial charge in [-0.2, -0.15) is 18.2 Å². The van der Waals surface area contributed by atoms with Crippen LogP contribution in [0.3, 0.4) is 0 Å². The van der Waals surface area contributed by atoms with Gasteiger partial charge in [-0.1, -0.05) is 18.2 Å². The molecule has 0 aliphatic carbocycles. The molecule has 0 unspecified atom stereocenters. The summed E-state index contributed by atoms with van der Waals surface area (Å²) in [5.41, 5.74) is 6.46. The van der Waals surface area contributed by atoms with Crippen LogP contribution in [0.4, 0.5) is 40.7 Å². The molecule has 0 saturated carbocycles. The van der Waals surface area contributed by atoms with Gasteiger partial charge in [-0.05, 0) is 35.9 Å². The first-order valence-corrected chi connectivity index (χ1v) is 9.48. The molecule has 8 nitrogen and oxygen atoms in total. The van der Waals surface area contributed by atoms with E-state index < -0.39 is 30.2 Å². The van der Waals surface area contributed by atoms with Crippen LogP contribution in [0.25, 0.3) is 0 Å². The molecule has 2 aromatic carbocycles. The average Bonchev–Trinajstić information content (AvgIpc) is 2.71. The number of anilines is 4. The van der Waals surface area contributed by atoms with Gasteiger partial charge < -0.3 is 21.7 Å². The smallest absolute Gasteiger partial charge is 0.365 e. The standard InChI is InChI=1S/C21H18F4N6O2/c22-13-4-1-3-12(7-13)10-27-19-16(18(26)33)11-28-20(31-19)30-15-6-2-5-14(8-15)29-17(32)9-21(23,24)25/h1-8,11H,9-10H2,(H2,26,33)(H,29,32)(H2,27,28,30,31). The van der Waals surface area contributed by atoms with Crippen molar-refractivity contribution in [3.8, 4) is 0 Å². The van der Waals surface area contributed by atoms with Gasteiger partial charge in [0.15, 0.2) is 0 Å². The number of halogens is 4. The highest BCUT2D eigenvalue weighted by molar-refractivity contribution is 5.97. The lowest BCUT2D eigenvalue weighted by Crippen LogP contribution is -2.21. The third-order valence-corrected chi connectivity index (χ3v) is 4.17. The Bertz CT molecular complexity index is 1170. The van der Waals surface area contributed by atoms with E-state index in [1.54, 1.807) is 12.1 Å². The molecule has 0 saturated heterocycles. The van der Waals surface area contributed by atoms with Gasteiger partial charge in [-0.3, -0.25) is 9.59 Å². The predicted molar refractivity (Wildman–Crippen MR) is 113 cm³/mol. The van der Waals surface area contributed by atoms with Crippen molar-refractivity contribution >= 4 is 35.0 Å². The van der Waals surface area contributed by atoms with Crippen molar-refractivity contribution in [2.75, 3.05) is 16.0 Å². The number of hydrogen-bond donors (Lipinski definition) is 4. The van der Waals surface area contributed by atoms with Crippen LogP contribution in [0.5, 0.6) is 0 Å². The predicted octanol–water partition coefficient (Wildman–Crippen LogP) is 3.96. The fraction of sp³-hybridized carbons (Fsp3) is 0.143. The summed E-state index contributed by atoms with van der Waals surface area (Å²) >= 11 is 0. The number of carbonyl (C=O) groups excluding carboxylic acids is 2. The molecule has 0 bridgehead atoms. The molecule has 0 aliphatic heterocycles. The molecular formula is C21H18F4N6O2. The number of rotatable bonds is 8. The third kappa shape index (κ3) is 7.16. The van der Waals surface area contributed by atoms with E-state index in [1.807, 2.05) is 0 Å². The number of nitrogens with zero attached hydrogens (tertiary/aromatic N) is 2. The topological polar surface area (TPSA) is 122 Å². The number of nitrogens with two attached hydrogens (primary N) is 1. The Labute approximate surface area is 185 Å². The van der Waals surface area contributed by atoms with Crippen LogP contribution in [0.1, 0.15) is 22.3 Å². The monoisotopic (exact) mass is 462 g/mol. The first kappa shape index (κ1) is 23.4. The van der Waals surface area contributed by atoms with E-state index in [9.17, 15) is 27.2 Å². The van der Waals surface area contributed by atoms with Crippen LogP contribution < -0.4 is 21.7 Å². The minimum absolute atomic E-state index is 0.00474. The summed E-state index contributed by atoms with van der Waals surface area (Å²) in [6.07, 6.45) is -5.03. The van der Waals surface area contributed by atoms with Crippen molar-refractivity contribution < 1.29 is 27.2 Å². The quantitative estimate of drug-likeness (QED) is 0.376. The molecule has 33 heavy (non-hydrogen) atoms. The molecule has 0 radical (unpaired) electrons. The molecule has 3 rings (SSSR count). The maximum absolute atomic E-state index is 13.4. The number of alkyl halides is 3. The van der Waals surface area contributed by atoms with E-state index >= 15 is 0 Å². The highest BCUT2D eigenvalue weighted by atomic mass is 19.4. The molecule has 1 aromatic heterocycles. The van der Waals surface area contributed by atoms with Crippen LogP contribution >= 0.6 is 0 Å². The Morgan fingerprint density at radius 2 is 1.76 bits per heavy atom. The SMILES string of the molecule is NC(=O)c1cnc(Nc2cccc(NC(=O)CC(F)(F)F)c2)nc1NCc1cccc(F)c1. The Kier molecular flexibility index (Phi) is 7.06. The van der Waals surface area contributed by atoms with Crippen LogP contribution in [0.2, 0.25) is 0 Å². The third-order valence-electron chi connectivity index (χ3n) is 4.17. The molecule has 12 heteroatoms. The summed E-state index contributed by atoms with van der Waals surface area (Å²) < 4.78 is 50.4. The molecule has 0 spiro atoms. The molecule has 5 N–H and O–H groups in total. The van der Waals surface area contributed by atoms with E-state index in [0.29, 0.717) is 11.3 Å². The van der Waals surface area contributed by atoms with Gasteiger partial charge in [-0.25, -0.2) is 9.37 Å². The first-order valence-electron chi connectivity index (χ1n) is 9.48. The summed E-state index contributed by atoms with van der Waals surface area (Å²) in [5.74, 6) is -2.26. The summed E-state index contributed by atoms with van der Waals surface area (Å²) in [4.78, 5) is 31.4. The van der Waals surface area contributed by atoms with Gasteiger partial charge in [0.2, 0.25) is 11.9 Å². The fourth-order valence-corrected chi connectivity index (χ4v) is 2.78. The van der Waals surface area contributed by atoms with Gasteiger partial charge in [-0.15, -0.1) is 0 Å². The summed E-state index contributed by atoms with van der Waals surface area (Å²) in [6.45, 7) is 0.148. The van der Waals surface area contributed by atoms with E-state index in [2.05, 4.69) is 25.9 Å². The highest BCUT2D eigenvalue weighted by Gasteiger charge is 2.31. The number of nitrogens with one attached hydrogen (secondary N) is 3. The number of amides is 2. The first-order chi connectivity index (χ1) is 15.6. The van der Waals surface area contributed by atoms with Crippen molar-refractivity contribution in [2.24, 2.45) is 5.73 Å². The fourth-order valence-electron chi connectivity index (χ4n) is 2.78. The summed E-state index contributed by atoms with van der Waals surface area (Å²) in [6, 6.07) is 11.7. The van der Waals surface area contributed by atoms with Crippen molar-refractivity contribution in [3.63, 3.8) is 0 Å². The average molecular weight is 462 g/mol. The molecule has 172 valence electrons. The number of primary amides is 1. The van der Waals surface area contributed by atoms with E-state index in [-0.39, 0.29) is 29.6 Å². The minimum atomic E-state index is -4.62. The van der Waals surface area contributed by atoms with Crippen molar-refractivity contribution in [3.05, 3.63) is 71.7 Å². The van der Waals surface area contributed by atoms with Gasteiger partial charge >= 0.3 is 6.18 Å². The van der Waals surface area contributed by atoms with Crippen LogP contribution in [-0.2, 0) is 11.3 Å². The van der Waals surface area contributed by atoms with Crippen LogP contribution in [-0.4, -0.2) is 28.0 Å². The zero-order chi connectivity index (χ0) is 24.0. The largest absolute Gasteiger partial charge is 0.397 e. The lowest BCUT2D eigenvalue weighted by atomic mass is 10.2. The number of aromatic nitrogens is 2. The molecule has 0 aliphatic rings. The van der Waals surface area contributed by atoms with E-state index in [4.69, 9.17) is 5.73 Å². The summed E-state index contributed by atoms with van der Waals surface area (Å²) in [7, 11) is 0. The Morgan fingerprint density at radius 3 is 2.45 bits per heavy atom. The van der Waals surface area contributed by atoms with Gasteiger partial charge in [0, 0.05) is 24.1 Å². The second-order valence-corrected chi connectivity index (χ2v) is 6.85. The molecule has 1 heterocycles. The number of benzene rings is 2. The lowest BCUT2D eigenvalue weighted by molar-refractivity contribution is -0.150. The number of carbonyl (C=O) groups is 2. The Balaban J connectivity index is 1.75. The van der Waals surface area contributed by atoms with Gasteiger partial charge in [0.05, 0.1) is 5.56 Å². The Morgan fingerprint density at radius 1 is 1.03 bits per heavy atom. The van der Waals surface area contributed by atoms with Crippen molar-refractivity contribution in [1.29, 1.82) is 0 Å². The summed E-state index contributed by atoms with van der Waals surface area (Å²) in [5, 5.41) is 7.89. The van der Waals surface area contributed by atoms with Gasteiger partial charge in [0.25, 0.3) is 5.91 Å². The van der Waals surface area contributed by atoms with Gasteiger partial charge in [0.1, 0.15) is 18.1 Å². The van der Waals surface area contributed by atoms with Crippen LogP contribution in [0.15, 0.2) is 54.7 Å². The molecule has 2 amide bonds. The normalized spacial score (nSPS) is 11.0.